The molecule has 1 aromatic heterocycles. The van der Waals surface area contributed by atoms with Gasteiger partial charge in [0.15, 0.2) is 5.96 Å². The molecule has 8 heteroatoms. The minimum Gasteiger partial charge on any atom is -0.381 e. The van der Waals surface area contributed by atoms with Gasteiger partial charge in [-0.1, -0.05) is 13.8 Å². The van der Waals surface area contributed by atoms with Gasteiger partial charge in [0.2, 0.25) is 0 Å². The molecular formula is C18H33IN6O. The van der Waals surface area contributed by atoms with E-state index in [1.165, 1.54) is 0 Å². The smallest absolute Gasteiger partial charge is 0.191 e. The zero-order chi connectivity index (χ0) is 18.0. The van der Waals surface area contributed by atoms with Gasteiger partial charge in [-0.25, -0.2) is 0 Å². The molecule has 3 rings (SSSR count). The summed E-state index contributed by atoms with van der Waals surface area (Å²) in [5.41, 5.74) is 0.129. The van der Waals surface area contributed by atoms with Crippen LogP contribution in [0.1, 0.15) is 45.3 Å². The van der Waals surface area contributed by atoms with Gasteiger partial charge in [0.05, 0.1) is 6.10 Å². The van der Waals surface area contributed by atoms with E-state index < -0.39 is 0 Å². The van der Waals surface area contributed by atoms with Gasteiger partial charge in [-0.05, 0) is 32.6 Å². The van der Waals surface area contributed by atoms with Crippen molar-refractivity contribution in [2.45, 2.75) is 65.6 Å². The Hall–Kier alpha value is -0.900. The first kappa shape index (κ1) is 21.4. The molecule has 0 radical (unpaired) electrons. The average molecular weight is 476 g/mol. The van der Waals surface area contributed by atoms with Gasteiger partial charge in [-0.3, -0.25) is 4.99 Å². The van der Waals surface area contributed by atoms with E-state index in [-0.39, 0.29) is 29.4 Å². The third-order valence-corrected chi connectivity index (χ3v) is 5.85. The predicted molar refractivity (Wildman–Crippen MR) is 114 cm³/mol. The second-order valence-corrected chi connectivity index (χ2v) is 7.88. The van der Waals surface area contributed by atoms with Gasteiger partial charge in [0.1, 0.15) is 11.6 Å². The second kappa shape index (κ2) is 8.86. The number of hydrogen-bond acceptors (Lipinski definition) is 4. The summed E-state index contributed by atoms with van der Waals surface area (Å²) in [4.78, 5) is 4.86. The monoisotopic (exact) mass is 476 g/mol. The summed E-state index contributed by atoms with van der Waals surface area (Å²) < 4.78 is 7.79. The number of aliphatic imine (C=N–C) groups is 1. The Kier molecular flexibility index (Phi) is 7.29. The summed E-state index contributed by atoms with van der Waals surface area (Å²) in [6.07, 6.45) is 3.47. The van der Waals surface area contributed by atoms with Crippen LogP contribution in [-0.2, 0) is 17.7 Å². The molecule has 148 valence electrons. The Morgan fingerprint density at radius 1 is 1.38 bits per heavy atom. The van der Waals surface area contributed by atoms with Gasteiger partial charge in [0, 0.05) is 44.6 Å². The van der Waals surface area contributed by atoms with Crippen LogP contribution in [0.2, 0.25) is 0 Å². The van der Waals surface area contributed by atoms with Gasteiger partial charge in [-0.15, -0.1) is 34.2 Å². The van der Waals surface area contributed by atoms with Gasteiger partial charge in [-0.2, -0.15) is 0 Å². The molecule has 7 nitrogen and oxygen atoms in total. The molecule has 2 aliphatic rings. The number of methoxy groups -OCH3 is 1. The van der Waals surface area contributed by atoms with E-state index in [1.807, 2.05) is 6.92 Å². The van der Waals surface area contributed by atoms with Crippen molar-refractivity contribution in [3.63, 3.8) is 0 Å². The maximum absolute atomic E-state index is 5.55. The van der Waals surface area contributed by atoms with Crippen molar-refractivity contribution in [3.8, 4) is 0 Å². The molecule has 0 aromatic carbocycles. The van der Waals surface area contributed by atoms with E-state index in [0.717, 1.165) is 56.5 Å². The van der Waals surface area contributed by atoms with Crippen LogP contribution in [0.5, 0.6) is 0 Å². The maximum atomic E-state index is 5.55. The lowest BCUT2D eigenvalue weighted by molar-refractivity contribution is -0.0922. The van der Waals surface area contributed by atoms with E-state index in [0.29, 0.717) is 18.1 Å². The predicted octanol–water partition coefficient (Wildman–Crippen LogP) is 2.14. The Balaban J connectivity index is 0.00000243. The van der Waals surface area contributed by atoms with Gasteiger partial charge in [0.25, 0.3) is 0 Å². The quantitative estimate of drug-likeness (QED) is 0.387. The largest absolute Gasteiger partial charge is 0.381 e. The normalized spacial score (nSPS) is 27.1. The third-order valence-electron chi connectivity index (χ3n) is 5.85. The standard InChI is InChI=1S/C18H32N6O.HI/c1-6-19-17(21-14-9-15(25-5)18(14,3)4)20-10-13-7-8-16-23-22-12(2)24(16)11-13;/h13-15H,6-11H2,1-5H3,(H2,19,20,21);1H. The lowest BCUT2D eigenvalue weighted by atomic mass is 9.64. The van der Waals surface area contributed by atoms with Crippen molar-refractivity contribution in [1.82, 2.24) is 25.4 Å². The fourth-order valence-electron chi connectivity index (χ4n) is 3.91. The van der Waals surface area contributed by atoms with Crippen molar-refractivity contribution in [3.05, 3.63) is 11.6 Å². The van der Waals surface area contributed by atoms with Crippen LogP contribution >= 0.6 is 24.0 Å². The number of aryl methyl sites for hydroxylation is 2. The number of nitrogens with zero attached hydrogens (tertiary/aromatic N) is 4. The Morgan fingerprint density at radius 2 is 2.15 bits per heavy atom. The molecule has 26 heavy (non-hydrogen) atoms. The maximum Gasteiger partial charge on any atom is 0.191 e. The van der Waals surface area contributed by atoms with Crippen molar-refractivity contribution in [2.24, 2.45) is 16.3 Å². The topological polar surface area (TPSA) is 76.4 Å². The SMILES string of the molecule is CCNC(=NCC1CCc2nnc(C)n2C1)NC1CC(OC)C1(C)C.I. The van der Waals surface area contributed by atoms with Crippen molar-refractivity contribution < 1.29 is 4.74 Å². The van der Waals surface area contributed by atoms with Crippen LogP contribution in [0.4, 0.5) is 0 Å². The molecule has 3 unspecified atom stereocenters. The van der Waals surface area contributed by atoms with Crippen LogP contribution in [-0.4, -0.2) is 53.1 Å². The van der Waals surface area contributed by atoms with Crippen LogP contribution in [0.15, 0.2) is 4.99 Å². The molecule has 2 N–H and O–H groups in total. The van der Waals surface area contributed by atoms with Crippen molar-refractivity contribution in [2.75, 3.05) is 20.2 Å². The number of guanidine groups is 1. The molecule has 1 aliphatic carbocycles. The first-order valence-corrected chi connectivity index (χ1v) is 9.42. The molecule has 0 saturated heterocycles. The number of fused-ring (bicyclic) bond motifs is 1. The number of halogens is 1. The summed E-state index contributed by atoms with van der Waals surface area (Å²) in [6, 6.07) is 0.397. The number of aromatic nitrogens is 3. The molecule has 3 atom stereocenters. The molecule has 1 fully saturated rings. The third kappa shape index (κ3) is 4.32. The average Bonchev–Trinajstić information content (AvgIpc) is 2.96. The van der Waals surface area contributed by atoms with E-state index in [1.54, 1.807) is 7.11 Å². The summed E-state index contributed by atoms with van der Waals surface area (Å²) >= 11 is 0. The molecule has 2 heterocycles. The second-order valence-electron chi connectivity index (χ2n) is 7.88. The lowest BCUT2D eigenvalue weighted by Gasteiger charge is -2.51. The molecule has 0 amide bonds. The van der Waals surface area contributed by atoms with Crippen LogP contribution in [0.25, 0.3) is 0 Å². The van der Waals surface area contributed by atoms with Crippen molar-refractivity contribution >= 4 is 29.9 Å². The molecule has 0 bridgehead atoms. The number of hydrogen-bond donors (Lipinski definition) is 2. The summed E-state index contributed by atoms with van der Waals surface area (Å²) in [7, 11) is 1.80. The van der Waals surface area contributed by atoms with Crippen LogP contribution in [0, 0.1) is 18.3 Å². The first-order valence-electron chi connectivity index (χ1n) is 9.42. The zero-order valence-electron chi connectivity index (χ0n) is 16.6. The molecule has 0 spiro atoms. The highest BCUT2D eigenvalue weighted by atomic mass is 127. The van der Waals surface area contributed by atoms with Crippen LogP contribution < -0.4 is 10.6 Å². The fourth-order valence-corrected chi connectivity index (χ4v) is 3.91. The highest BCUT2D eigenvalue weighted by Crippen LogP contribution is 2.42. The molecule has 1 aliphatic heterocycles. The molecule has 1 saturated carbocycles. The highest BCUT2D eigenvalue weighted by molar-refractivity contribution is 14.0. The lowest BCUT2D eigenvalue weighted by Crippen LogP contribution is -2.63. The Labute approximate surface area is 173 Å². The summed E-state index contributed by atoms with van der Waals surface area (Å²) in [5.74, 6) is 3.58. The first-order chi connectivity index (χ1) is 12.0. The van der Waals surface area contributed by atoms with Crippen LogP contribution in [0.3, 0.4) is 0 Å². The number of nitrogens with one attached hydrogen (secondary N) is 2. The summed E-state index contributed by atoms with van der Waals surface area (Å²) in [5, 5.41) is 15.4. The molecular weight excluding hydrogens is 443 g/mol. The highest BCUT2D eigenvalue weighted by Gasteiger charge is 2.48. The minimum atomic E-state index is 0. The fraction of sp³-hybridized carbons (Fsp3) is 0.833. The number of ether oxygens (including phenoxy) is 1. The van der Waals surface area contributed by atoms with E-state index in [9.17, 15) is 0 Å². The van der Waals surface area contributed by atoms with E-state index in [2.05, 4.69) is 46.2 Å². The summed E-state index contributed by atoms with van der Waals surface area (Å²) in [6.45, 7) is 11.3. The Bertz CT molecular complexity index is 629. The zero-order valence-corrected chi connectivity index (χ0v) is 18.9. The minimum absolute atomic E-state index is 0. The number of rotatable bonds is 5. The van der Waals surface area contributed by atoms with Crippen molar-refractivity contribution in [1.29, 1.82) is 0 Å². The molecule has 1 aromatic rings. The van der Waals surface area contributed by atoms with Gasteiger partial charge < -0.3 is 19.9 Å². The van der Waals surface area contributed by atoms with Gasteiger partial charge >= 0.3 is 0 Å². The van der Waals surface area contributed by atoms with E-state index in [4.69, 9.17) is 9.73 Å². The Morgan fingerprint density at radius 3 is 2.81 bits per heavy atom. The van der Waals surface area contributed by atoms with E-state index >= 15 is 0 Å².